The third kappa shape index (κ3) is 3.32. The van der Waals surface area contributed by atoms with Gasteiger partial charge in [0.05, 0.1) is 16.2 Å². The van der Waals surface area contributed by atoms with Crippen LogP contribution in [-0.4, -0.2) is 0 Å². The zero-order chi connectivity index (χ0) is 13.8. The van der Waals surface area contributed by atoms with Gasteiger partial charge in [-0.3, -0.25) is 0 Å². The predicted octanol–water partition coefficient (Wildman–Crippen LogP) is 5.29. The van der Waals surface area contributed by atoms with E-state index < -0.39 is 11.6 Å². The second-order valence-corrected chi connectivity index (χ2v) is 5.12. The highest BCUT2D eigenvalue weighted by Crippen LogP contribution is 2.28. The van der Waals surface area contributed by atoms with Crippen LogP contribution in [0.3, 0.4) is 0 Å². The molecule has 2 aromatic carbocycles. The highest BCUT2D eigenvalue weighted by atomic mass is 79.9. The molecule has 2 aromatic rings. The number of hydrogen-bond acceptors (Lipinski definition) is 1. The summed E-state index contributed by atoms with van der Waals surface area (Å²) >= 11 is 2.97. The van der Waals surface area contributed by atoms with Gasteiger partial charge in [-0.2, -0.15) is 0 Å². The molecule has 4 heteroatoms. The molecular formula is C15H14BrF2N. The van der Waals surface area contributed by atoms with E-state index in [4.69, 9.17) is 0 Å². The zero-order valence-electron chi connectivity index (χ0n) is 10.5. The zero-order valence-corrected chi connectivity index (χ0v) is 12.0. The first-order valence-corrected chi connectivity index (χ1v) is 6.87. The minimum atomic E-state index is -0.480. The van der Waals surface area contributed by atoms with Crippen molar-refractivity contribution in [3.8, 4) is 0 Å². The van der Waals surface area contributed by atoms with Crippen LogP contribution in [0.2, 0.25) is 0 Å². The topological polar surface area (TPSA) is 12.0 Å². The Kier molecular flexibility index (Phi) is 4.53. The van der Waals surface area contributed by atoms with Crippen LogP contribution in [0.15, 0.2) is 46.9 Å². The molecule has 0 amide bonds. The van der Waals surface area contributed by atoms with Gasteiger partial charge in [-0.05, 0) is 34.0 Å². The van der Waals surface area contributed by atoms with Crippen LogP contribution in [0.5, 0.6) is 0 Å². The Hall–Kier alpha value is -1.42. The van der Waals surface area contributed by atoms with Gasteiger partial charge in [0.25, 0.3) is 0 Å². The van der Waals surface area contributed by atoms with Gasteiger partial charge in [-0.15, -0.1) is 0 Å². The first-order chi connectivity index (χ1) is 9.11. The van der Waals surface area contributed by atoms with Crippen LogP contribution < -0.4 is 5.32 Å². The quantitative estimate of drug-likeness (QED) is 0.753. The van der Waals surface area contributed by atoms with Gasteiger partial charge in [-0.1, -0.05) is 37.3 Å². The van der Waals surface area contributed by atoms with Crippen molar-refractivity contribution in [3.05, 3.63) is 64.1 Å². The summed E-state index contributed by atoms with van der Waals surface area (Å²) in [5, 5.41) is 3.05. The van der Waals surface area contributed by atoms with Gasteiger partial charge >= 0.3 is 0 Å². The average Bonchev–Trinajstić information content (AvgIpc) is 2.42. The lowest BCUT2D eigenvalue weighted by atomic mass is 10.0. The summed E-state index contributed by atoms with van der Waals surface area (Å²) in [7, 11) is 0. The highest BCUT2D eigenvalue weighted by molar-refractivity contribution is 9.10. The Morgan fingerprint density at radius 1 is 1.11 bits per heavy atom. The van der Waals surface area contributed by atoms with E-state index in [1.807, 2.05) is 37.3 Å². The molecule has 1 N–H and O–H groups in total. The highest BCUT2D eigenvalue weighted by Gasteiger charge is 2.13. The fourth-order valence-corrected chi connectivity index (χ4v) is 2.24. The molecule has 1 unspecified atom stereocenters. The number of halogens is 3. The minimum absolute atomic E-state index is 0.0451. The molecule has 0 aliphatic carbocycles. The molecule has 0 spiro atoms. The lowest BCUT2D eigenvalue weighted by molar-refractivity contribution is 0.593. The van der Waals surface area contributed by atoms with E-state index in [1.54, 1.807) is 0 Å². The monoisotopic (exact) mass is 325 g/mol. The first kappa shape index (κ1) is 14.0. The molecule has 0 saturated heterocycles. The maximum absolute atomic E-state index is 13.8. The Balaban J connectivity index is 2.26. The van der Waals surface area contributed by atoms with Crippen LogP contribution in [-0.2, 0) is 0 Å². The lowest BCUT2D eigenvalue weighted by Gasteiger charge is -2.19. The number of hydrogen-bond donors (Lipinski definition) is 1. The summed E-state index contributed by atoms with van der Waals surface area (Å²) in [6, 6.07) is 12.0. The second-order valence-electron chi connectivity index (χ2n) is 4.26. The van der Waals surface area contributed by atoms with Crippen LogP contribution >= 0.6 is 15.9 Å². The van der Waals surface area contributed by atoms with Crippen molar-refractivity contribution in [1.29, 1.82) is 0 Å². The molecule has 0 aromatic heterocycles. The van der Waals surface area contributed by atoms with Crippen LogP contribution in [0.1, 0.15) is 24.9 Å². The number of anilines is 1. The van der Waals surface area contributed by atoms with E-state index in [1.165, 1.54) is 6.07 Å². The van der Waals surface area contributed by atoms with E-state index in [2.05, 4.69) is 21.2 Å². The number of benzene rings is 2. The number of rotatable bonds is 4. The lowest BCUT2D eigenvalue weighted by Crippen LogP contribution is -2.11. The molecule has 0 fully saturated rings. The summed E-state index contributed by atoms with van der Waals surface area (Å²) in [4.78, 5) is 0. The van der Waals surface area contributed by atoms with Gasteiger partial charge in [0, 0.05) is 6.07 Å². The van der Waals surface area contributed by atoms with E-state index in [9.17, 15) is 8.78 Å². The van der Waals surface area contributed by atoms with Gasteiger partial charge in [0.2, 0.25) is 0 Å². The Morgan fingerprint density at radius 2 is 1.79 bits per heavy atom. The molecule has 0 bridgehead atoms. The third-order valence-electron chi connectivity index (χ3n) is 2.95. The largest absolute Gasteiger partial charge is 0.376 e. The maximum Gasteiger partial charge on any atom is 0.147 e. The van der Waals surface area contributed by atoms with Crippen molar-refractivity contribution in [2.75, 3.05) is 5.32 Å². The summed E-state index contributed by atoms with van der Waals surface area (Å²) < 4.78 is 27.4. The van der Waals surface area contributed by atoms with Crippen molar-refractivity contribution < 1.29 is 8.78 Å². The summed E-state index contributed by atoms with van der Waals surface area (Å²) in [6.45, 7) is 2.00. The van der Waals surface area contributed by atoms with E-state index in [0.29, 0.717) is 0 Å². The molecule has 0 heterocycles. The van der Waals surface area contributed by atoms with Gasteiger partial charge in [0.1, 0.15) is 11.6 Å². The molecule has 19 heavy (non-hydrogen) atoms. The molecular weight excluding hydrogens is 312 g/mol. The summed E-state index contributed by atoms with van der Waals surface area (Å²) in [5.74, 6) is -0.950. The SMILES string of the molecule is CCC(Nc1cc(F)c(Br)cc1F)c1ccccc1. The van der Waals surface area contributed by atoms with Crippen LogP contribution in [0.4, 0.5) is 14.5 Å². The predicted molar refractivity (Wildman–Crippen MR) is 77.2 cm³/mol. The molecule has 0 aliphatic rings. The standard InChI is InChI=1S/C15H14BrF2N/c1-2-14(10-6-4-3-5-7-10)19-15-9-12(17)11(16)8-13(15)18/h3-9,14,19H,2H2,1H3. The van der Waals surface area contributed by atoms with Crippen LogP contribution in [0, 0.1) is 11.6 Å². The van der Waals surface area contributed by atoms with Crippen molar-refractivity contribution >= 4 is 21.6 Å². The number of nitrogens with one attached hydrogen (secondary N) is 1. The molecule has 2 rings (SSSR count). The molecule has 0 radical (unpaired) electrons. The van der Waals surface area contributed by atoms with Crippen molar-refractivity contribution in [2.24, 2.45) is 0 Å². The summed E-state index contributed by atoms with van der Waals surface area (Å²) in [5.41, 5.74) is 1.23. The Morgan fingerprint density at radius 3 is 2.42 bits per heavy atom. The van der Waals surface area contributed by atoms with Gasteiger partial charge in [-0.25, -0.2) is 8.78 Å². The molecule has 1 nitrogen and oxygen atoms in total. The van der Waals surface area contributed by atoms with Crippen molar-refractivity contribution in [1.82, 2.24) is 0 Å². The van der Waals surface area contributed by atoms with Gasteiger partial charge in [0.15, 0.2) is 0 Å². The maximum atomic E-state index is 13.8. The Labute approximate surface area is 119 Å². The smallest absolute Gasteiger partial charge is 0.147 e. The van der Waals surface area contributed by atoms with Crippen LogP contribution in [0.25, 0.3) is 0 Å². The molecule has 0 saturated carbocycles. The third-order valence-corrected chi connectivity index (χ3v) is 3.56. The second kappa shape index (κ2) is 6.15. The normalized spacial score (nSPS) is 12.2. The van der Waals surface area contributed by atoms with E-state index in [0.717, 1.165) is 18.1 Å². The molecule has 0 aliphatic heterocycles. The fourth-order valence-electron chi connectivity index (χ4n) is 1.93. The fraction of sp³-hybridized carbons (Fsp3) is 0.200. The average molecular weight is 326 g/mol. The Bertz CT molecular complexity index is 558. The van der Waals surface area contributed by atoms with Gasteiger partial charge < -0.3 is 5.32 Å². The summed E-state index contributed by atoms with van der Waals surface area (Å²) in [6.07, 6.45) is 0.779. The molecule has 100 valence electrons. The van der Waals surface area contributed by atoms with Crippen molar-refractivity contribution in [2.45, 2.75) is 19.4 Å². The first-order valence-electron chi connectivity index (χ1n) is 6.08. The van der Waals surface area contributed by atoms with E-state index in [-0.39, 0.29) is 16.2 Å². The molecule has 1 atom stereocenters. The van der Waals surface area contributed by atoms with E-state index >= 15 is 0 Å². The minimum Gasteiger partial charge on any atom is -0.376 e. The van der Waals surface area contributed by atoms with Crippen molar-refractivity contribution in [3.63, 3.8) is 0 Å².